The minimum atomic E-state index is -0.701. The van der Waals surface area contributed by atoms with Crippen LogP contribution in [0.25, 0.3) is 11.4 Å². The van der Waals surface area contributed by atoms with E-state index in [1.165, 1.54) is 11.5 Å². The molecule has 2 aromatic rings. The van der Waals surface area contributed by atoms with Crippen LogP contribution in [-0.2, 0) is 22.7 Å². The van der Waals surface area contributed by atoms with E-state index in [2.05, 4.69) is 20.6 Å². The molecule has 1 aromatic heterocycles. The molecule has 10 nitrogen and oxygen atoms in total. The zero-order valence-electron chi connectivity index (χ0n) is 17.7. The third kappa shape index (κ3) is 5.01. The second kappa shape index (κ2) is 9.27. The van der Waals surface area contributed by atoms with Crippen LogP contribution in [0.2, 0.25) is 0 Å². The number of anilines is 2. The summed E-state index contributed by atoms with van der Waals surface area (Å²) in [6, 6.07) is 13.3. The molecule has 2 amide bonds. The summed E-state index contributed by atoms with van der Waals surface area (Å²) in [5.41, 5.74) is 0.823. The second-order valence-electron chi connectivity index (χ2n) is 7.32. The molecule has 0 atom stereocenters. The number of nitrogens with zero attached hydrogens (tertiary/aromatic N) is 4. The molecule has 0 aliphatic carbocycles. The van der Waals surface area contributed by atoms with Gasteiger partial charge in [-0.1, -0.05) is 6.07 Å². The number of carbonyl (C=O) groups excluding carboxylic acids is 2. The highest BCUT2D eigenvalue weighted by Crippen LogP contribution is 2.16. The van der Waals surface area contributed by atoms with Gasteiger partial charge >= 0.3 is 5.69 Å². The maximum Gasteiger partial charge on any atom is 0.352 e. The highest BCUT2D eigenvalue weighted by molar-refractivity contribution is 5.93. The smallest absolute Gasteiger partial charge is 0.326 e. The number of aromatic nitrogens is 4. The van der Waals surface area contributed by atoms with Crippen molar-refractivity contribution in [2.24, 2.45) is 0 Å². The zero-order valence-corrected chi connectivity index (χ0v) is 17.7. The fraction of sp³-hybridized carbons (Fsp3) is 0.130. The molecule has 1 aromatic carbocycles. The van der Waals surface area contributed by atoms with E-state index in [-0.39, 0.29) is 36.3 Å². The summed E-state index contributed by atoms with van der Waals surface area (Å²) in [6.45, 7) is 1.30. The number of pyridine rings is 2. The minimum absolute atomic E-state index is 0.0726. The molecule has 166 valence electrons. The van der Waals surface area contributed by atoms with Crippen LogP contribution in [0.15, 0.2) is 76.7 Å². The van der Waals surface area contributed by atoms with Crippen LogP contribution in [0, 0.1) is 0 Å². The lowest BCUT2D eigenvalue weighted by molar-refractivity contribution is -0.117. The molecule has 0 unspecified atom stereocenters. The summed E-state index contributed by atoms with van der Waals surface area (Å²) in [7, 11) is 0. The lowest BCUT2D eigenvalue weighted by atomic mass is 10.2. The van der Waals surface area contributed by atoms with E-state index in [1.807, 2.05) is 0 Å². The standard InChI is InChI=1S/C23H20N6O4/c1-15(30)25-17-4-2-5-18(12-17)26-20(31)14-28-11-3-6-19-21(28)27-23(33)29(22(19)32)13-16-7-9-24-10-8-16/h2-12H,13-14H2,1H3,(H,25,30)(H,26,31). The SMILES string of the molecule is CC(=O)Nc1cccc(NC(=O)Cn2cccc3c(=O)n(Cc4ccncc4)c(=O)nc2-3)c1. The van der Waals surface area contributed by atoms with Gasteiger partial charge in [-0.25, -0.2) is 4.79 Å². The Kier molecular flexibility index (Phi) is 6.07. The maximum absolute atomic E-state index is 13.0. The van der Waals surface area contributed by atoms with Gasteiger partial charge in [-0.3, -0.25) is 23.9 Å². The van der Waals surface area contributed by atoms with E-state index in [9.17, 15) is 19.2 Å². The lowest BCUT2D eigenvalue weighted by Crippen LogP contribution is -2.38. The normalized spacial score (nSPS) is 10.7. The number of hydrogen-bond donors (Lipinski definition) is 2. The first-order valence-corrected chi connectivity index (χ1v) is 10.1. The molecule has 2 aliphatic rings. The monoisotopic (exact) mass is 444 g/mol. The molecule has 4 rings (SSSR count). The van der Waals surface area contributed by atoms with E-state index in [1.54, 1.807) is 67.1 Å². The van der Waals surface area contributed by atoms with Crippen molar-refractivity contribution in [1.82, 2.24) is 19.1 Å². The van der Waals surface area contributed by atoms with Gasteiger partial charge in [0.05, 0.1) is 12.1 Å². The molecule has 33 heavy (non-hydrogen) atoms. The van der Waals surface area contributed by atoms with Crippen LogP contribution >= 0.6 is 0 Å². The Balaban J connectivity index is 1.59. The van der Waals surface area contributed by atoms with Crippen LogP contribution in [0.1, 0.15) is 12.5 Å². The molecule has 0 fully saturated rings. The molecule has 2 aliphatic heterocycles. The van der Waals surface area contributed by atoms with Gasteiger partial charge in [-0.05, 0) is 48.0 Å². The quantitative estimate of drug-likeness (QED) is 0.464. The third-order valence-electron chi connectivity index (χ3n) is 4.82. The Bertz CT molecular complexity index is 1410. The first kappa shape index (κ1) is 21.6. The van der Waals surface area contributed by atoms with Gasteiger partial charge in [0.15, 0.2) is 5.82 Å². The molecule has 10 heteroatoms. The van der Waals surface area contributed by atoms with Gasteiger partial charge in [-0.15, -0.1) is 0 Å². The predicted octanol–water partition coefficient (Wildman–Crippen LogP) is 1.55. The van der Waals surface area contributed by atoms with E-state index in [0.717, 1.165) is 10.1 Å². The van der Waals surface area contributed by atoms with Crippen LogP contribution in [-0.4, -0.2) is 30.9 Å². The van der Waals surface area contributed by atoms with E-state index >= 15 is 0 Å². The van der Waals surface area contributed by atoms with Gasteiger partial charge < -0.3 is 15.2 Å². The van der Waals surface area contributed by atoms with Crippen molar-refractivity contribution in [2.45, 2.75) is 20.0 Å². The summed E-state index contributed by atoms with van der Waals surface area (Å²) in [5, 5.41) is 5.38. The molecule has 0 saturated carbocycles. The molecule has 0 bridgehead atoms. The second-order valence-corrected chi connectivity index (χ2v) is 7.32. The van der Waals surface area contributed by atoms with Crippen LogP contribution in [0.4, 0.5) is 11.4 Å². The number of carbonyl (C=O) groups is 2. The molecule has 0 radical (unpaired) electrons. The van der Waals surface area contributed by atoms with Crippen LogP contribution < -0.4 is 21.9 Å². The number of fused-ring (bicyclic) bond motifs is 1. The van der Waals surface area contributed by atoms with Gasteiger partial charge in [0, 0.05) is 36.9 Å². The Morgan fingerprint density at radius 3 is 2.42 bits per heavy atom. The Morgan fingerprint density at radius 1 is 0.970 bits per heavy atom. The topological polar surface area (TPSA) is 128 Å². The predicted molar refractivity (Wildman–Crippen MR) is 122 cm³/mol. The van der Waals surface area contributed by atoms with E-state index < -0.39 is 11.2 Å². The van der Waals surface area contributed by atoms with Crippen molar-refractivity contribution < 1.29 is 9.59 Å². The summed E-state index contributed by atoms with van der Waals surface area (Å²) in [5.74, 6) is -0.484. The third-order valence-corrected chi connectivity index (χ3v) is 4.82. The lowest BCUT2D eigenvalue weighted by Gasteiger charge is -2.15. The van der Waals surface area contributed by atoms with E-state index in [4.69, 9.17) is 0 Å². The molecule has 2 N–H and O–H groups in total. The highest BCUT2D eigenvalue weighted by Gasteiger charge is 2.18. The number of benzene rings is 1. The Labute approximate surface area is 187 Å². The number of hydrogen-bond acceptors (Lipinski definition) is 6. The molecular weight excluding hydrogens is 424 g/mol. The number of amides is 2. The number of rotatable bonds is 6. The van der Waals surface area contributed by atoms with Crippen molar-refractivity contribution in [3.8, 4) is 11.4 Å². The fourth-order valence-electron chi connectivity index (χ4n) is 3.39. The maximum atomic E-state index is 13.0. The van der Waals surface area contributed by atoms with Gasteiger partial charge in [-0.2, -0.15) is 4.98 Å². The van der Waals surface area contributed by atoms with Gasteiger partial charge in [0.25, 0.3) is 5.56 Å². The summed E-state index contributed by atoms with van der Waals surface area (Å²) in [6.07, 6.45) is 4.74. The van der Waals surface area contributed by atoms with Gasteiger partial charge in [0.1, 0.15) is 6.54 Å². The first-order valence-electron chi connectivity index (χ1n) is 10.1. The van der Waals surface area contributed by atoms with Crippen molar-refractivity contribution in [3.05, 3.63) is 93.5 Å². The Hall–Kier alpha value is -4.60. The Morgan fingerprint density at radius 2 is 1.70 bits per heavy atom. The van der Waals surface area contributed by atoms with Crippen LogP contribution in [0.3, 0.4) is 0 Å². The average molecular weight is 444 g/mol. The summed E-state index contributed by atoms with van der Waals surface area (Å²) >= 11 is 0. The molecular formula is C23H20N6O4. The number of nitrogens with one attached hydrogen (secondary N) is 2. The molecule has 0 spiro atoms. The average Bonchev–Trinajstić information content (AvgIpc) is 2.78. The van der Waals surface area contributed by atoms with E-state index in [0.29, 0.717) is 11.4 Å². The van der Waals surface area contributed by atoms with Gasteiger partial charge in [0.2, 0.25) is 11.8 Å². The van der Waals surface area contributed by atoms with Crippen molar-refractivity contribution in [1.29, 1.82) is 0 Å². The van der Waals surface area contributed by atoms with Crippen molar-refractivity contribution >= 4 is 23.2 Å². The summed E-state index contributed by atoms with van der Waals surface area (Å²) in [4.78, 5) is 57.4. The minimum Gasteiger partial charge on any atom is -0.326 e. The zero-order chi connectivity index (χ0) is 23.4. The van der Waals surface area contributed by atoms with Crippen LogP contribution in [0.5, 0.6) is 0 Å². The largest absolute Gasteiger partial charge is 0.352 e. The summed E-state index contributed by atoms with van der Waals surface area (Å²) < 4.78 is 2.50. The highest BCUT2D eigenvalue weighted by atomic mass is 16.2. The molecule has 0 saturated heterocycles. The van der Waals surface area contributed by atoms with Crippen molar-refractivity contribution in [2.75, 3.05) is 10.6 Å². The first-order chi connectivity index (χ1) is 15.9. The van der Waals surface area contributed by atoms with Crippen molar-refractivity contribution in [3.63, 3.8) is 0 Å². The fourth-order valence-corrected chi connectivity index (χ4v) is 3.39. The molecule has 3 heterocycles.